The molecule has 0 radical (unpaired) electrons. The Bertz CT molecular complexity index is 1870. The Hall–Kier alpha value is -5.53. The second kappa shape index (κ2) is 18.0. The first kappa shape index (κ1) is 39.7. The Morgan fingerprint density at radius 3 is 2.06 bits per heavy atom. The molecule has 5 rings (SSSR count). The van der Waals surface area contributed by atoms with Crippen molar-refractivity contribution in [3.8, 4) is 5.75 Å². The van der Waals surface area contributed by atoms with Gasteiger partial charge in [-0.2, -0.15) is 4.98 Å². The summed E-state index contributed by atoms with van der Waals surface area (Å²) in [7, 11) is 1.61. The minimum atomic E-state index is -1.08. The normalized spacial score (nSPS) is 17.1. The number of amides is 1. The molecule has 286 valence electrons. The molecule has 3 atom stereocenters. The lowest BCUT2D eigenvalue weighted by molar-refractivity contribution is -0.150. The molecule has 13 nitrogen and oxygen atoms in total. The highest BCUT2D eigenvalue weighted by Crippen LogP contribution is 2.43. The van der Waals surface area contributed by atoms with Crippen LogP contribution in [-0.4, -0.2) is 64.7 Å². The van der Waals surface area contributed by atoms with Crippen molar-refractivity contribution in [3.05, 3.63) is 124 Å². The summed E-state index contributed by atoms with van der Waals surface area (Å²) in [6.45, 7) is 5.19. The third kappa shape index (κ3) is 10.3. The number of anilines is 1. The highest BCUT2D eigenvalue weighted by molar-refractivity contribution is 5.83. The lowest BCUT2D eigenvalue weighted by Gasteiger charge is -2.37. The number of unbranched alkanes of at least 4 members (excludes halogenated alkanes) is 1. The second-order valence-electron chi connectivity index (χ2n) is 14.0. The van der Waals surface area contributed by atoms with Gasteiger partial charge < -0.3 is 28.8 Å². The Morgan fingerprint density at radius 2 is 1.48 bits per heavy atom. The molecule has 0 aliphatic carbocycles. The molecular weight excluding hydrogens is 694 g/mol. The number of methoxy groups -OCH3 is 1. The number of ether oxygens (including phenoxy) is 5. The van der Waals surface area contributed by atoms with Crippen molar-refractivity contribution in [1.29, 1.82) is 0 Å². The minimum Gasteiger partial charge on any atom is -0.497 e. The van der Waals surface area contributed by atoms with Gasteiger partial charge in [0.1, 0.15) is 35.6 Å². The molecule has 2 heterocycles. The van der Waals surface area contributed by atoms with E-state index >= 15 is 0 Å². The highest BCUT2D eigenvalue weighted by atomic mass is 16.6. The van der Waals surface area contributed by atoms with Crippen molar-refractivity contribution in [1.82, 2.24) is 9.55 Å². The molecule has 1 aliphatic heterocycles. The Morgan fingerprint density at radius 1 is 0.870 bits per heavy atom. The van der Waals surface area contributed by atoms with Crippen LogP contribution in [0.25, 0.3) is 0 Å². The van der Waals surface area contributed by atoms with Crippen molar-refractivity contribution in [2.24, 2.45) is 5.92 Å². The number of esters is 1. The monoisotopic (exact) mass is 741 g/mol. The van der Waals surface area contributed by atoms with Crippen LogP contribution < -0.4 is 15.7 Å². The molecule has 1 amide bonds. The van der Waals surface area contributed by atoms with Crippen LogP contribution in [0.1, 0.15) is 75.8 Å². The molecular formula is C41H47N3O10. The van der Waals surface area contributed by atoms with Crippen molar-refractivity contribution in [2.75, 3.05) is 25.6 Å². The number of aliphatic carboxylic acids is 1. The zero-order valence-corrected chi connectivity index (χ0v) is 30.9. The lowest BCUT2D eigenvalue weighted by atomic mass is 9.80. The third-order valence-corrected chi connectivity index (χ3v) is 8.93. The fourth-order valence-electron chi connectivity index (χ4n) is 6.37. The first-order valence-corrected chi connectivity index (χ1v) is 17.9. The molecule has 1 saturated heterocycles. The SMILES string of the molecule is COc1ccc(C(OC[C@H]2C[C@H](n3ccc(NC(=O)OC(C)(C)C)nc3=O)O[C@@H]2COC(=O)CCCCC(=O)O)(c2ccccc2)c2ccccc2)cc1. The topological polar surface area (TPSA) is 165 Å². The number of carbonyl (C=O) groups is 3. The van der Waals surface area contributed by atoms with E-state index in [9.17, 15) is 19.2 Å². The van der Waals surface area contributed by atoms with Gasteiger partial charge in [-0.25, -0.2) is 9.59 Å². The van der Waals surface area contributed by atoms with Crippen LogP contribution in [0.5, 0.6) is 5.75 Å². The molecule has 0 saturated carbocycles. The van der Waals surface area contributed by atoms with Gasteiger partial charge in [0.2, 0.25) is 0 Å². The van der Waals surface area contributed by atoms with Crippen LogP contribution in [0, 0.1) is 5.92 Å². The van der Waals surface area contributed by atoms with Crippen LogP contribution in [0.4, 0.5) is 10.6 Å². The van der Waals surface area contributed by atoms with Crippen molar-refractivity contribution >= 4 is 23.8 Å². The molecule has 1 aliphatic rings. The molecule has 2 N–H and O–H groups in total. The zero-order chi connectivity index (χ0) is 38.7. The largest absolute Gasteiger partial charge is 0.497 e. The van der Waals surface area contributed by atoms with E-state index in [-0.39, 0.29) is 37.8 Å². The van der Waals surface area contributed by atoms with E-state index in [1.165, 1.54) is 16.8 Å². The van der Waals surface area contributed by atoms with E-state index in [1.54, 1.807) is 27.9 Å². The molecule has 1 aromatic heterocycles. The van der Waals surface area contributed by atoms with Gasteiger partial charge >= 0.3 is 23.7 Å². The maximum atomic E-state index is 13.3. The van der Waals surface area contributed by atoms with Crippen molar-refractivity contribution in [3.63, 3.8) is 0 Å². The average Bonchev–Trinajstić information content (AvgIpc) is 3.55. The summed E-state index contributed by atoms with van der Waals surface area (Å²) in [4.78, 5) is 53.3. The summed E-state index contributed by atoms with van der Waals surface area (Å²) in [5, 5.41) is 11.4. The van der Waals surface area contributed by atoms with E-state index in [2.05, 4.69) is 10.3 Å². The summed E-state index contributed by atoms with van der Waals surface area (Å²) in [5.74, 6) is -1.06. The van der Waals surface area contributed by atoms with Crippen LogP contribution in [-0.2, 0) is 34.1 Å². The van der Waals surface area contributed by atoms with E-state index in [4.69, 9.17) is 28.8 Å². The Labute approximate surface area is 314 Å². The Balaban J connectivity index is 1.43. The predicted molar refractivity (Wildman–Crippen MR) is 199 cm³/mol. The Kier molecular flexibility index (Phi) is 13.2. The van der Waals surface area contributed by atoms with E-state index in [0.29, 0.717) is 25.0 Å². The first-order valence-electron chi connectivity index (χ1n) is 17.9. The number of hydrogen-bond donors (Lipinski definition) is 2. The van der Waals surface area contributed by atoms with Gasteiger partial charge in [-0.3, -0.25) is 19.5 Å². The van der Waals surface area contributed by atoms with Crippen molar-refractivity contribution < 1.29 is 43.2 Å². The number of carboxylic acids is 1. The second-order valence-corrected chi connectivity index (χ2v) is 14.0. The summed E-state index contributed by atoms with van der Waals surface area (Å²) in [5.41, 5.74) is 0.145. The zero-order valence-electron chi connectivity index (χ0n) is 30.9. The number of rotatable bonds is 16. The van der Waals surface area contributed by atoms with Gasteiger partial charge in [0.25, 0.3) is 0 Å². The molecule has 13 heteroatoms. The maximum absolute atomic E-state index is 13.3. The fourth-order valence-corrected chi connectivity index (χ4v) is 6.37. The molecule has 3 aromatic carbocycles. The smallest absolute Gasteiger partial charge is 0.413 e. The molecule has 0 spiro atoms. The van der Waals surface area contributed by atoms with Gasteiger partial charge in [0.15, 0.2) is 0 Å². The van der Waals surface area contributed by atoms with E-state index in [0.717, 1.165) is 16.7 Å². The van der Waals surface area contributed by atoms with E-state index < -0.39 is 47.3 Å². The summed E-state index contributed by atoms with van der Waals surface area (Å²) >= 11 is 0. The molecule has 1 fully saturated rings. The van der Waals surface area contributed by atoms with Crippen LogP contribution >= 0.6 is 0 Å². The number of nitrogens with zero attached hydrogens (tertiary/aromatic N) is 2. The third-order valence-electron chi connectivity index (χ3n) is 8.93. The number of carboxylic acid groups (broad SMARTS) is 1. The number of benzene rings is 3. The van der Waals surface area contributed by atoms with Gasteiger partial charge in [0.05, 0.1) is 19.8 Å². The van der Waals surface area contributed by atoms with E-state index in [1.807, 2.05) is 84.9 Å². The number of nitrogens with one attached hydrogen (secondary N) is 1. The van der Waals surface area contributed by atoms with Crippen LogP contribution in [0.15, 0.2) is 102 Å². The van der Waals surface area contributed by atoms with Gasteiger partial charge in [-0.15, -0.1) is 0 Å². The quantitative estimate of drug-likeness (QED) is 0.0714. The van der Waals surface area contributed by atoms with Gasteiger partial charge in [-0.1, -0.05) is 72.8 Å². The minimum absolute atomic E-state index is 0.0201. The molecule has 0 bridgehead atoms. The van der Waals surface area contributed by atoms with Gasteiger partial charge in [-0.05, 0) is 68.5 Å². The highest BCUT2D eigenvalue weighted by Gasteiger charge is 2.43. The number of carbonyl (C=O) groups excluding carboxylic acids is 2. The predicted octanol–water partition coefficient (Wildman–Crippen LogP) is 6.70. The average molecular weight is 742 g/mol. The molecule has 54 heavy (non-hydrogen) atoms. The van der Waals surface area contributed by atoms with Crippen molar-refractivity contribution in [2.45, 2.75) is 76.4 Å². The summed E-state index contributed by atoms with van der Waals surface area (Å²) in [6, 6.07) is 28.9. The summed E-state index contributed by atoms with van der Waals surface area (Å²) < 4.78 is 31.2. The van der Waals surface area contributed by atoms with Crippen LogP contribution in [0.3, 0.4) is 0 Å². The molecule has 4 aromatic rings. The molecule has 0 unspecified atom stereocenters. The van der Waals surface area contributed by atoms with Crippen LogP contribution in [0.2, 0.25) is 0 Å². The standard InChI is InChI=1S/C41H47N3O10/c1-40(2,3)54-39(49)43-34-23-24-44(38(48)42-34)35-25-28(33(53-35)27-51-37(47)18-12-11-17-36(45)46)26-52-41(29-13-7-5-8-14-29,30-15-9-6-10-16-30)31-19-21-32(50-4)22-20-31/h5-10,13-16,19-24,28,33,35H,11-12,17-18,25-27H2,1-4H3,(H,45,46)(H,42,43,48,49)/t28-,33-,35-/m1/s1. The number of hydrogen-bond acceptors (Lipinski definition) is 10. The number of aromatic nitrogens is 2. The lowest BCUT2D eigenvalue weighted by Crippen LogP contribution is -2.36. The maximum Gasteiger partial charge on any atom is 0.413 e. The first-order chi connectivity index (χ1) is 25.9. The van der Waals surface area contributed by atoms with Gasteiger partial charge in [0, 0.05) is 31.4 Å². The summed E-state index contributed by atoms with van der Waals surface area (Å²) in [6.07, 6.45) is 0.321. The fraction of sp³-hybridized carbons (Fsp3) is 0.390.